The highest BCUT2D eigenvalue weighted by Gasteiger charge is 2.16. The van der Waals surface area contributed by atoms with E-state index in [-0.39, 0.29) is 11.5 Å². The van der Waals surface area contributed by atoms with E-state index in [1.807, 2.05) is 30.3 Å². The Morgan fingerprint density at radius 3 is 2.50 bits per heavy atom. The summed E-state index contributed by atoms with van der Waals surface area (Å²) in [5, 5.41) is 0.683. The number of pyridine rings is 1. The summed E-state index contributed by atoms with van der Waals surface area (Å²) in [5.41, 5.74) is 1.10. The van der Waals surface area contributed by atoms with Crippen LogP contribution >= 0.6 is 15.9 Å². The third-order valence-corrected chi connectivity index (χ3v) is 3.21. The number of carbonyl (C=O) groups is 1. The number of H-pyrrole nitrogens is 1. The van der Waals surface area contributed by atoms with Gasteiger partial charge in [0.25, 0.3) is 5.91 Å². The van der Waals surface area contributed by atoms with Crippen LogP contribution in [0.1, 0.15) is 16.1 Å². The largest absolute Gasteiger partial charge is 0.332 e. The van der Waals surface area contributed by atoms with Gasteiger partial charge in [0.1, 0.15) is 5.69 Å². The highest BCUT2D eigenvalue weighted by atomic mass is 79.9. The molecule has 1 aromatic heterocycles. The molecular formula is C15H15BrN2O2. The Morgan fingerprint density at radius 1 is 1.10 bits per heavy atom. The Labute approximate surface area is 125 Å². The van der Waals surface area contributed by atoms with E-state index in [0.29, 0.717) is 24.1 Å². The molecule has 1 aromatic carbocycles. The Balaban J connectivity index is 2.20. The van der Waals surface area contributed by atoms with Crippen molar-refractivity contribution in [2.45, 2.75) is 6.54 Å². The number of aromatic nitrogens is 1. The Hall–Kier alpha value is -1.88. The SMILES string of the molecule is O=C(c1cccc(=O)[nH]1)N(CCBr)Cc1ccccc1. The van der Waals surface area contributed by atoms with E-state index in [1.165, 1.54) is 6.07 Å². The predicted molar refractivity (Wildman–Crippen MR) is 82.0 cm³/mol. The first-order valence-electron chi connectivity index (χ1n) is 6.29. The Bertz CT molecular complexity index is 625. The van der Waals surface area contributed by atoms with Crippen molar-refractivity contribution < 1.29 is 4.79 Å². The summed E-state index contributed by atoms with van der Waals surface area (Å²) in [4.78, 5) is 28.0. The normalized spacial score (nSPS) is 10.2. The topological polar surface area (TPSA) is 53.2 Å². The molecule has 0 fully saturated rings. The lowest BCUT2D eigenvalue weighted by atomic mass is 10.2. The molecule has 2 aromatic rings. The van der Waals surface area contributed by atoms with Crippen molar-refractivity contribution >= 4 is 21.8 Å². The second-order valence-electron chi connectivity index (χ2n) is 4.33. The van der Waals surface area contributed by atoms with Crippen LogP contribution < -0.4 is 5.56 Å². The molecule has 0 atom stereocenters. The number of nitrogens with zero attached hydrogens (tertiary/aromatic N) is 1. The average Bonchev–Trinajstić information content (AvgIpc) is 2.47. The third kappa shape index (κ3) is 3.81. The van der Waals surface area contributed by atoms with Gasteiger partial charge in [0.2, 0.25) is 5.56 Å². The van der Waals surface area contributed by atoms with Crippen LogP contribution in [0.5, 0.6) is 0 Å². The molecule has 0 radical (unpaired) electrons. The molecule has 0 unspecified atom stereocenters. The van der Waals surface area contributed by atoms with Gasteiger partial charge in [0.15, 0.2) is 0 Å². The maximum absolute atomic E-state index is 12.4. The summed E-state index contributed by atoms with van der Waals surface area (Å²) < 4.78 is 0. The van der Waals surface area contributed by atoms with Crippen molar-refractivity contribution in [3.05, 3.63) is 70.1 Å². The lowest BCUT2D eigenvalue weighted by Gasteiger charge is -2.21. The van der Waals surface area contributed by atoms with Crippen LogP contribution in [0.4, 0.5) is 0 Å². The molecule has 0 aliphatic rings. The molecule has 1 heterocycles. The summed E-state index contributed by atoms with van der Waals surface area (Å²) in [7, 11) is 0. The Kier molecular flexibility index (Phi) is 5.12. The molecule has 2 rings (SSSR count). The molecule has 5 heteroatoms. The zero-order valence-corrected chi connectivity index (χ0v) is 12.5. The summed E-state index contributed by atoms with van der Waals surface area (Å²) in [6, 6.07) is 14.4. The zero-order chi connectivity index (χ0) is 14.4. The Morgan fingerprint density at radius 2 is 1.85 bits per heavy atom. The van der Waals surface area contributed by atoms with E-state index in [4.69, 9.17) is 0 Å². The molecule has 0 aliphatic carbocycles. The van der Waals surface area contributed by atoms with E-state index in [1.54, 1.807) is 17.0 Å². The van der Waals surface area contributed by atoms with E-state index < -0.39 is 0 Å². The molecule has 1 amide bonds. The smallest absolute Gasteiger partial charge is 0.270 e. The van der Waals surface area contributed by atoms with Crippen molar-refractivity contribution in [1.29, 1.82) is 0 Å². The van der Waals surface area contributed by atoms with Crippen LogP contribution in [0.2, 0.25) is 0 Å². The number of amides is 1. The molecule has 20 heavy (non-hydrogen) atoms. The van der Waals surface area contributed by atoms with Gasteiger partial charge in [-0.1, -0.05) is 52.3 Å². The number of nitrogens with one attached hydrogen (secondary N) is 1. The predicted octanol–water partition coefficient (Wildman–Crippen LogP) is 2.41. The molecule has 4 nitrogen and oxygen atoms in total. The van der Waals surface area contributed by atoms with Crippen LogP contribution in [0, 0.1) is 0 Å². The van der Waals surface area contributed by atoms with Crippen LogP contribution in [0.25, 0.3) is 0 Å². The number of hydrogen-bond donors (Lipinski definition) is 1. The highest BCUT2D eigenvalue weighted by Crippen LogP contribution is 2.08. The van der Waals surface area contributed by atoms with Crippen molar-refractivity contribution in [3.63, 3.8) is 0 Å². The van der Waals surface area contributed by atoms with Gasteiger partial charge >= 0.3 is 0 Å². The van der Waals surface area contributed by atoms with Gasteiger partial charge in [-0.2, -0.15) is 0 Å². The fraction of sp³-hybridized carbons (Fsp3) is 0.200. The van der Waals surface area contributed by atoms with E-state index >= 15 is 0 Å². The second kappa shape index (κ2) is 7.05. The number of aromatic amines is 1. The second-order valence-corrected chi connectivity index (χ2v) is 5.12. The molecule has 104 valence electrons. The van der Waals surface area contributed by atoms with Crippen molar-refractivity contribution in [2.24, 2.45) is 0 Å². The first-order chi connectivity index (χ1) is 9.70. The minimum Gasteiger partial charge on any atom is -0.332 e. The summed E-state index contributed by atoms with van der Waals surface area (Å²) in [6.45, 7) is 1.09. The van der Waals surface area contributed by atoms with Crippen molar-refractivity contribution in [3.8, 4) is 0 Å². The van der Waals surface area contributed by atoms with Gasteiger partial charge in [-0.15, -0.1) is 0 Å². The standard InChI is InChI=1S/C15H15BrN2O2/c16-9-10-18(11-12-5-2-1-3-6-12)15(20)13-7-4-8-14(19)17-13/h1-8H,9-11H2,(H,17,19). The average molecular weight is 335 g/mol. The van der Waals surface area contributed by atoms with E-state index in [0.717, 1.165) is 5.56 Å². The van der Waals surface area contributed by atoms with E-state index in [2.05, 4.69) is 20.9 Å². The fourth-order valence-corrected chi connectivity index (χ4v) is 2.33. The third-order valence-electron chi connectivity index (χ3n) is 2.86. The first-order valence-corrected chi connectivity index (χ1v) is 7.41. The molecule has 0 spiro atoms. The number of hydrogen-bond acceptors (Lipinski definition) is 2. The quantitative estimate of drug-likeness (QED) is 0.853. The lowest BCUT2D eigenvalue weighted by molar-refractivity contribution is 0.0748. The first kappa shape index (κ1) is 14.5. The van der Waals surface area contributed by atoms with Crippen LogP contribution in [-0.2, 0) is 6.54 Å². The van der Waals surface area contributed by atoms with Gasteiger partial charge < -0.3 is 9.88 Å². The molecule has 0 saturated heterocycles. The number of carbonyl (C=O) groups excluding carboxylic acids is 1. The fourth-order valence-electron chi connectivity index (χ4n) is 1.90. The minimum absolute atomic E-state index is 0.175. The highest BCUT2D eigenvalue weighted by molar-refractivity contribution is 9.09. The number of halogens is 1. The van der Waals surface area contributed by atoms with Crippen LogP contribution in [0.15, 0.2) is 53.3 Å². The van der Waals surface area contributed by atoms with Gasteiger partial charge in [0.05, 0.1) is 0 Å². The summed E-state index contributed by atoms with van der Waals surface area (Å²) in [5.74, 6) is -0.175. The number of rotatable bonds is 5. The molecule has 0 saturated carbocycles. The molecular weight excluding hydrogens is 320 g/mol. The number of benzene rings is 1. The molecule has 1 N–H and O–H groups in total. The lowest BCUT2D eigenvalue weighted by Crippen LogP contribution is -2.33. The summed E-state index contributed by atoms with van der Waals surface area (Å²) >= 11 is 3.35. The van der Waals surface area contributed by atoms with Crippen molar-refractivity contribution in [2.75, 3.05) is 11.9 Å². The molecule has 0 aliphatic heterocycles. The van der Waals surface area contributed by atoms with Gasteiger partial charge in [0, 0.05) is 24.5 Å². The van der Waals surface area contributed by atoms with E-state index in [9.17, 15) is 9.59 Å². The van der Waals surface area contributed by atoms with Crippen LogP contribution in [0.3, 0.4) is 0 Å². The maximum atomic E-state index is 12.4. The molecule has 0 bridgehead atoms. The summed E-state index contributed by atoms with van der Waals surface area (Å²) in [6.07, 6.45) is 0. The monoisotopic (exact) mass is 334 g/mol. The van der Waals surface area contributed by atoms with Gasteiger partial charge in [-0.3, -0.25) is 9.59 Å². The minimum atomic E-state index is -0.269. The van der Waals surface area contributed by atoms with Crippen LogP contribution in [-0.4, -0.2) is 27.7 Å². The van der Waals surface area contributed by atoms with Crippen molar-refractivity contribution in [1.82, 2.24) is 9.88 Å². The zero-order valence-electron chi connectivity index (χ0n) is 10.9. The number of alkyl halides is 1. The maximum Gasteiger partial charge on any atom is 0.270 e. The van der Waals surface area contributed by atoms with Gasteiger partial charge in [-0.05, 0) is 11.6 Å². The van der Waals surface area contributed by atoms with Gasteiger partial charge in [-0.25, -0.2) is 0 Å².